The van der Waals surface area contributed by atoms with Gasteiger partial charge in [-0.3, -0.25) is 23.5 Å². The van der Waals surface area contributed by atoms with Crippen LogP contribution in [0, 0.1) is 6.92 Å². The lowest BCUT2D eigenvalue weighted by Crippen LogP contribution is -2.52. The number of hydrogen-bond donors (Lipinski definition) is 1. The Kier molecular flexibility index (Phi) is 5.58. The van der Waals surface area contributed by atoms with Crippen LogP contribution in [0.15, 0.2) is 33.9 Å². The number of nitrogens with zero attached hydrogens (tertiary/aromatic N) is 4. The summed E-state index contributed by atoms with van der Waals surface area (Å²) in [7, 11) is 3.11. The van der Waals surface area contributed by atoms with Gasteiger partial charge in [-0.05, 0) is 31.2 Å². The van der Waals surface area contributed by atoms with E-state index in [4.69, 9.17) is 0 Å². The van der Waals surface area contributed by atoms with E-state index in [2.05, 4.69) is 5.32 Å². The number of rotatable bonds is 3. The molecule has 3 rings (SSSR count). The van der Waals surface area contributed by atoms with Crippen molar-refractivity contribution in [2.75, 3.05) is 36.4 Å². The maximum atomic E-state index is 12.8. The Morgan fingerprint density at radius 3 is 2.07 bits per heavy atom. The third-order valence-electron chi connectivity index (χ3n) is 5.26. The van der Waals surface area contributed by atoms with Crippen molar-refractivity contribution in [1.82, 2.24) is 14.0 Å². The van der Waals surface area contributed by atoms with E-state index in [0.29, 0.717) is 48.8 Å². The molecule has 0 radical (unpaired) electrons. The largest absolute Gasteiger partial charge is 0.362 e. The molecule has 1 aromatic carbocycles. The summed E-state index contributed by atoms with van der Waals surface area (Å²) in [5.74, 6) is -0.260. The third kappa shape index (κ3) is 3.94. The smallest absolute Gasteiger partial charge is 0.330 e. The van der Waals surface area contributed by atoms with Crippen molar-refractivity contribution in [2.45, 2.75) is 13.8 Å². The van der Waals surface area contributed by atoms with Crippen molar-refractivity contribution in [2.24, 2.45) is 14.1 Å². The van der Waals surface area contributed by atoms with E-state index in [9.17, 15) is 19.2 Å². The minimum Gasteiger partial charge on any atom is -0.362 e. The van der Waals surface area contributed by atoms with Crippen molar-refractivity contribution in [3.8, 4) is 0 Å². The number of benzene rings is 1. The van der Waals surface area contributed by atoms with Crippen molar-refractivity contribution in [3.63, 3.8) is 0 Å². The molecule has 1 aliphatic rings. The average Bonchev–Trinajstić information content (AvgIpc) is 2.71. The van der Waals surface area contributed by atoms with Gasteiger partial charge in [0.2, 0.25) is 5.91 Å². The zero-order chi connectivity index (χ0) is 21.3. The molecule has 1 aliphatic heterocycles. The maximum Gasteiger partial charge on any atom is 0.330 e. The molecule has 0 atom stereocenters. The van der Waals surface area contributed by atoms with Crippen molar-refractivity contribution in [1.29, 1.82) is 0 Å². The Morgan fingerprint density at radius 1 is 0.931 bits per heavy atom. The van der Waals surface area contributed by atoms with Crippen molar-refractivity contribution < 1.29 is 9.59 Å². The third-order valence-corrected chi connectivity index (χ3v) is 5.26. The number of carbonyl (C=O) groups is 2. The highest BCUT2D eigenvalue weighted by atomic mass is 16.2. The molecule has 1 fully saturated rings. The summed E-state index contributed by atoms with van der Waals surface area (Å²) in [5, 5.41) is 2.67. The minimum absolute atomic E-state index is 0.0934. The molecular formula is C20H25N5O4. The summed E-state index contributed by atoms with van der Waals surface area (Å²) in [4.78, 5) is 52.2. The number of hydrogen-bond acceptors (Lipinski definition) is 5. The molecule has 0 aliphatic carbocycles. The van der Waals surface area contributed by atoms with Gasteiger partial charge in [-0.25, -0.2) is 4.79 Å². The lowest BCUT2D eigenvalue weighted by atomic mass is 10.1. The van der Waals surface area contributed by atoms with Crippen LogP contribution in [0.2, 0.25) is 0 Å². The van der Waals surface area contributed by atoms with Gasteiger partial charge in [-0.1, -0.05) is 0 Å². The lowest BCUT2D eigenvalue weighted by Gasteiger charge is -2.36. The average molecular weight is 399 g/mol. The van der Waals surface area contributed by atoms with Gasteiger partial charge < -0.3 is 15.1 Å². The molecular weight excluding hydrogens is 374 g/mol. The molecule has 9 heteroatoms. The second kappa shape index (κ2) is 7.94. The van der Waals surface area contributed by atoms with Gasteiger partial charge in [-0.2, -0.15) is 0 Å². The number of nitrogens with one attached hydrogen (secondary N) is 1. The maximum absolute atomic E-state index is 12.8. The predicted molar refractivity (Wildman–Crippen MR) is 111 cm³/mol. The normalized spacial score (nSPS) is 14.1. The molecule has 2 amide bonds. The minimum atomic E-state index is -0.354. The number of aromatic nitrogens is 2. The fraction of sp³-hybridized carbons (Fsp3) is 0.400. The fourth-order valence-electron chi connectivity index (χ4n) is 3.51. The van der Waals surface area contributed by atoms with Crippen LogP contribution >= 0.6 is 0 Å². The van der Waals surface area contributed by atoms with Gasteiger partial charge in [0.1, 0.15) is 5.69 Å². The Balaban J connectivity index is 1.73. The highest BCUT2D eigenvalue weighted by molar-refractivity contribution is 5.95. The number of carbonyl (C=O) groups excluding carboxylic acids is 2. The fourth-order valence-corrected chi connectivity index (χ4v) is 3.51. The molecule has 2 aromatic rings. The highest BCUT2D eigenvalue weighted by Gasteiger charge is 2.26. The summed E-state index contributed by atoms with van der Waals surface area (Å²) >= 11 is 0. The van der Waals surface area contributed by atoms with Crippen LogP contribution < -0.4 is 21.5 Å². The van der Waals surface area contributed by atoms with Crippen LogP contribution in [0.5, 0.6) is 0 Å². The molecule has 2 heterocycles. The first kappa shape index (κ1) is 20.4. The van der Waals surface area contributed by atoms with Gasteiger partial charge >= 0.3 is 5.69 Å². The van der Waals surface area contributed by atoms with Crippen LogP contribution in [0.3, 0.4) is 0 Å². The monoisotopic (exact) mass is 399 g/mol. The van der Waals surface area contributed by atoms with E-state index in [-0.39, 0.29) is 23.1 Å². The van der Waals surface area contributed by atoms with Crippen molar-refractivity contribution >= 4 is 23.2 Å². The number of piperazine rings is 1. The molecule has 1 aromatic heterocycles. The van der Waals surface area contributed by atoms with Crippen LogP contribution in [-0.2, 0) is 18.9 Å². The zero-order valence-corrected chi connectivity index (χ0v) is 17.1. The van der Waals surface area contributed by atoms with Crippen LogP contribution in [0.1, 0.15) is 23.0 Å². The Labute approximate surface area is 168 Å². The standard InChI is InChI=1S/C20H25N5O4/c1-13-17(19(28)23(4)20(29)22(13)3)24-9-11-25(12-10-24)18(27)15-5-7-16(8-6-15)21-14(2)26/h5-8H,9-12H2,1-4H3,(H,21,26). The predicted octanol–water partition coefficient (Wildman–Crippen LogP) is 0.313. The van der Waals surface area contributed by atoms with E-state index in [1.165, 1.54) is 18.5 Å². The Morgan fingerprint density at radius 2 is 1.52 bits per heavy atom. The molecule has 154 valence electrons. The first-order valence-corrected chi connectivity index (χ1v) is 9.39. The molecule has 0 unspecified atom stereocenters. The Hall–Kier alpha value is -3.36. The zero-order valence-electron chi connectivity index (χ0n) is 17.1. The summed E-state index contributed by atoms with van der Waals surface area (Å²) in [6, 6.07) is 6.77. The summed E-state index contributed by atoms with van der Waals surface area (Å²) in [6.07, 6.45) is 0. The van der Waals surface area contributed by atoms with Crippen LogP contribution in [0.4, 0.5) is 11.4 Å². The summed E-state index contributed by atoms with van der Waals surface area (Å²) < 4.78 is 2.57. The van der Waals surface area contributed by atoms with Gasteiger partial charge in [0.15, 0.2) is 0 Å². The first-order valence-electron chi connectivity index (χ1n) is 9.39. The van der Waals surface area contributed by atoms with E-state index >= 15 is 0 Å². The van der Waals surface area contributed by atoms with E-state index < -0.39 is 0 Å². The van der Waals surface area contributed by atoms with Gasteiger partial charge in [0.05, 0.1) is 0 Å². The number of anilines is 2. The molecule has 0 spiro atoms. The number of amides is 2. The van der Waals surface area contributed by atoms with Crippen LogP contribution in [0.25, 0.3) is 0 Å². The highest BCUT2D eigenvalue weighted by Crippen LogP contribution is 2.17. The second-order valence-electron chi connectivity index (χ2n) is 7.18. The lowest BCUT2D eigenvalue weighted by molar-refractivity contribution is -0.114. The molecule has 0 bridgehead atoms. The topological polar surface area (TPSA) is 96.7 Å². The first-order chi connectivity index (χ1) is 13.7. The SMILES string of the molecule is CC(=O)Nc1ccc(C(=O)N2CCN(c3c(C)n(C)c(=O)n(C)c3=O)CC2)cc1. The molecule has 1 N–H and O–H groups in total. The van der Waals surface area contributed by atoms with E-state index in [1.807, 2.05) is 4.90 Å². The molecule has 1 saturated heterocycles. The molecule has 9 nitrogen and oxygen atoms in total. The van der Waals surface area contributed by atoms with Crippen molar-refractivity contribution in [3.05, 3.63) is 56.4 Å². The van der Waals surface area contributed by atoms with Crippen LogP contribution in [-0.4, -0.2) is 52.0 Å². The Bertz CT molecular complexity index is 1060. The summed E-state index contributed by atoms with van der Waals surface area (Å²) in [5.41, 5.74) is 1.63. The van der Waals surface area contributed by atoms with Gasteiger partial charge in [-0.15, -0.1) is 0 Å². The van der Waals surface area contributed by atoms with E-state index in [0.717, 1.165) is 4.57 Å². The van der Waals surface area contributed by atoms with Gasteiger partial charge in [0.25, 0.3) is 11.5 Å². The molecule has 29 heavy (non-hydrogen) atoms. The molecule has 0 saturated carbocycles. The second-order valence-corrected chi connectivity index (χ2v) is 7.18. The summed E-state index contributed by atoms with van der Waals surface area (Å²) in [6.45, 7) is 5.13. The quantitative estimate of drug-likeness (QED) is 0.802. The van der Waals surface area contributed by atoms with E-state index in [1.54, 1.807) is 43.1 Å². The van der Waals surface area contributed by atoms with Gasteiger partial charge in [0, 0.05) is 64.1 Å².